The van der Waals surface area contributed by atoms with E-state index in [0.717, 1.165) is 19.5 Å². The van der Waals surface area contributed by atoms with Crippen LogP contribution in [0.4, 0.5) is 0 Å². The number of thiophene rings is 1. The van der Waals surface area contributed by atoms with Crippen LogP contribution in [0.5, 0.6) is 0 Å². The Bertz CT molecular complexity index is 412. The molecule has 3 nitrogen and oxygen atoms in total. The molecule has 0 aromatic carbocycles. The third-order valence-corrected chi connectivity index (χ3v) is 3.89. The molecule has 0 saturated carbocycles. The summed E-state index contributed by atoms with van der Waals surface area (Å²) < 4.78 is 0.609. The van der Waals surface area contributed by atoms with Gasteiger partial charge in [-0.1, -0.05) is 11.6 Å². The highest BCUT2D eigenvalue weighted by Gasteiger charge is 2.20. The van der Waals surface area contributed by atoms with E-state index < -0.39 is 0 Å². The van der Waals surface area contributed by atoms with Crippen molar-refractivity contribution in [2.45, 2.75) is 19.3 Å². The second kappa shape index (κ2) is 4.97. The minimum absolute atomic E-state index is 0.00535. The topological polar surface area (TPSA) is 37.4 Å². The normalized spacial score (nSPS) is 14.7. The van der Waals surface area contributed by atoms with Crippen LogP contribution in [0.15, 0.2) is 12.1 Å². The number of Topliss-reactive ketones (excluding diaryl/α,β-unsaturated/α-hetero) is 1. The van der Waals surface area contributed by atoms with Crippen LogP contribution >= 0.6 is 22.9 Å². The summed E-state index contributed by atoms with van der Waals surface area (Å²) in [5.74, 6) is 0.0908. The van der Waals surface area contributed by atoms with Crippen LogP contribution in [0, 0.1) is 0 Å². The summed E-state index contributed by atoms with van der Waals surface area (Å²) in [5, 5.41) is 0. The number of amides is 1. The maximum atomic E-state index is 11.7. The number of carbonyl (C=O) groups excluding carboxylic acids is 2. The summed E-state index contributed by atoms with van der Waals surface area (Å²) in [6.07, 6.45) is 1.68. The summed E-state index contributed by atoms with van der Waals surface area (Å²) in [5.41, 5.74) is 0. The van der Waals surface area contributed by atoms with E-state index in [2.05, 4.69) is 0 Å². The fraction of sp³-hybridized carbons (Fsp3) is 0.455. The summed E-state index contributed by atoms with van der Waals surface area (Å²) in [4.78, 5) is 25.6. The Morgan fingerprint density at radius 2 is 2.06 bits per heavy atom. The van der Waals surface area contributed by atoms with Crippen LogP contribution in [0.2, 0.25) is 4.34 Å². The number of halogens is 1. The Labute approximate surface area is 103 Å². The van der Waals surface area contributed by atoms with Gasteiger partial charge in [-0.3, -0.25) is 9.59 Å². The first-order valence-corrected chi connectivity index (χ1v) is 6.42. The molecule has 0 spiro atoms. The van der Waals surface area contributed by atoms with Crippen LogP contribution < -0.4 is 0 Å². The number of likely N-dealkylation sites (tertiary alicyclic amines) is 1. The van der Waals surface area contributed by atoms with E-state index in [1.807, 2.05) is 0 Å². The van der Waals surface area contributed by atoms with E-state index in [1.165, 1.54) is 11.3 Å². The molecule has 0 atom stereocenters. The Balaban J connectivity index is 1.81. The van der Waals surface area contributed by atoms with Gasteiger partial charge in [-0.2, -0.15) is 0 Å². The number of ketones is 1. The predicted molar refractivity (Wildman–Crippen MR) is 64.1 cm³/mol. The second-order valence-corrected chi connectivity index (χ2v) is 5.48. The fourth-order valence-electron chi connectivity index (χ4n) is 1.53. The molecule has 5 heteroatoms. The SMILES string of the molecule is O=C(CCC(=O)N1CCC1)c1ccc(Cl)s1. The van der Waals surface area contributed by atoms with Crippen molar-refractivity contribution in [3.63, 3.8) is 0 Å². The molecule has 1 amide bonds. The van der Waals surface area contributed by atoms with Gasteiger partial charge in [-0.25, -0.2) is 0 Å². The molecule has 1 aromatic rings. The van der Waals surface area contributed by atoms with Crippen LogP contribution in [0.3, 0.4) is 0 Å². The summed E-state index contributed by atoms with van der Waals surface area (Å²) in [6, 6.07) is 3.42. The summed E-state index contributed by atoms with van der Waals surface area (Å²) in [6.45, 7) is 1.69. The highest BCUT2D eigenvalue weighted by atomic mass is 35.5. The first kappa shape index (κ1) is 11.6. The van der Waals surface area contributed by atoms with Crippen molar-refractivity contribution in [3.8, 4) is 0 Å². The van der Waals surface area contributed by atoms with E-state index in [9.17, 15) is 9.59 Å². The zero-order chi connectivity index (χ0) is 11.5. The second-order valence-electron chi connectivity index (χ2n) is 3.76. The van der Waals surface area contributed by atoms with Crippen molar-refractivity contribution in [1.82, 2.24) is 4.90 Å². The van der Waals surface area contributed by atoms with Crippen molar-refractivity contribution >= 4 is 34.6 Å². The Morgan fingerprint density at radius 3 is 2.56 bits per heavy atom. The Kier molecular flexibility index (Phi) is 3.61. The largest absolute Gasteiger partial charge is 0.343 e. The molecule has 1 aliphatic heterocycles. The van der Waals surface area contributed by atoms with E-state index in [-0.39, 0.29) is 18.1 Å². The minimum Gasteiger partial charge on any atom is -0.343 e. The molecule has 2 rings (SSSR count). The first-order chi connectivity index (χ1) is 7.66. The van der Waals surface area contributed by atoms with Gasteiger partial charge in [0.2, 0.25) is 5.91 Å². The molecule has 0 aliphatic carbocycles. The van der Waals surface area contributed by atoms with Gasteiger partial charge >= 0.3 is 0 Å². The van der Waals surface area contributed by atoms with Crippen molar-refractivity contribution < 1.29 is 9.59 Å². The lowest BCUT2D eigenvalue weighted by Gasteiger charge is -2.30. The van der Waals surface area contributed by atoms with E-state index in [1.54, 1.807) is 17.0 Å². The molecular formula is C11H12ClNO2S. The molecule has 0 radical (unpaired) electrons. The number of rotatable bonds is 4. The molecule has 1 saturated heterocycles. The van der Waals surface area contributed by atoms with Crippen LogP contribution in [-0.4, -0.2) is 29.7 Å². The van der Waals surface area contributed by atoms with Crippen molar-refractivity contribution in [3.05, 3.63) is 21.3 Å². The van der Waals surface area contributed by atoms with Gasteiger partial charge < -0.3 is 4.90 Å². The van der Waals surface area contributed by atoms with Gasteiger partial charge in [-0.15, -0.1) is 11.3 Å². The zero-order valence-corrected chi connectivity index (χ0v) is 10.3. The number of nitrogens with zero attached hydrogens (tertiary/aromatic N) is 1. The van der Waals surface area contributed by atoms with E-state index in [0.29, 0.717) is 15.6 Å². The van der Waals surface area contributed by atoms with Gasteiger partial charge in [0.15, 0.2) is 5.78 Å². The van der Waals surface area contributed by atoms with Gasteiger partial charge in [-0.05, 0) is 18.6 Å². The lowest BCUT2D eigenvalue weighted by Crippen LogP contribution is -2.42. The van der Waals surface area contributed by atoms with E-state index >= 15 is 0 Å². The molecular weight excluding hydrogens is 246 g/mol. The van der Waals surface area contributed by atoms with Crippen LogP contribution in [-0.2, 0) is 4.79 Å². The summed E-state index contributed by atoms with van der Waals surface area (Å²) in [7, 11) is 0. The minimum atomic E-state index is 0.00535. The highest BCUT2D eigenvalue weighted by molar-refractivity contribution is 7.18. The highest BCUT2D eigenvalue weighted by Crippen LogP contribution is 2.23. The van der Waals surface area contributed by atoms with Crippen LogP contribution in [0.25, 0.3) is 0 Å². The average Bonchev–Trinajstić information content (AvgIpc) is 2.58. The van der Waals surface area contributed by atoms with E-state index in [4.69, 9.17) is 11.6 Å². The lowest BCUT2D eigenvalue weighted by molar-refractivity contribution is -0.134. The Morgan fingerprint density at radius 1 is 1.31 bits per heavy atom. The lowest BCUT2D eigenvalue weighted by atomic mass is 10.1. The molecule has 1 aliphatic rings. The standard InChI is InChI=1S/C11H12ClNO2S/c12-10-4-3-9(16-10)8(14)2-5-11(15)13-6-1-7-13/h3-4H,1-2,5-7H2. The van der Waals surface area contributed by atoms with Gasteiger partial charge in [0.05, 0.1) is 9.21 Å². The Hall–Kier alpha value is -0.870. The van der Waals surface area contributed by atoms with Crippen molar-refractivity contribution in [1.29, 1.82) is 0 Å². The quantitative estimate of drug-likeness (QED) is 0.778. The van der Waals surface area contributed by atoms with Crippen molar-refractivity contribution in [2.24, 2.45) is 0 Å². The smallest absolute Gasteiger partial charge is 0.223 e. The zero-order valence-electron chi connectivity index (χ0n) is 8.74. The molecule has 16 heavy (non-hydrogen) atoms. The number of hydrogen-bond donors (Lipinski definition) is 0. The number of carbonyl (C=O) groups is 2. The predicted octanol–water partition coefficient (Wildman–Crippen LogP) is 2.60. The molecule has 0 N–H and O–H groups in total. The van der Waals surface area contributed by atoms with Crippen molar-refractivity contribution in [2.75, 3.05) is 13.1 Å². The third kappa shape index (κ3) is 2.62. The number of hydrogen-bond acceptors (Lipinski definition) is 3. The molecule has 0 unspecified atom stereocenters. The molecule has 0 bridgehead atoms. The molecule has 86 valence electrons. The monoisotopic (exact) mass is 257 g/mol. The molecule has 1 fully saturated rings. The third-order valence-electron chi connectivity index (χ3n) is 2.62. The molecule has 1 aromatic heterocycles. The van der Waals surface area contributed by atoms with Gasteiger partial charge in [0.25, 0.3) is 0 Å². The first-order valence-electron chi connectivity index (χ1n) is 5.23. The maximum Gasteiger partial charge on any atom is 0.223 e. The molecule has 2 heterocycles. The summed E-state index contributed by atoms with van der Waals surface area (Å²) >= 11 is 7.01. The fourth-order valence-corrected chi connectivity index (χ4v) is 2.54. The van der Waals surface area contributed by atoms with Gasteiger partial charge in [0, 0.05) is 25.9 Å². The maximum absolute atomic E-state index is 11.7. The van der Waals surface area contributed by atoms with Gasteiger partial charge in [0.1, 0.15) is 0 Å². The van der Waals surface area contributed by atoms with Crippen LogP contribution in [0.1, 0.15) is 28.9 Å². The average molecular weight is 258 g/mol.